The summed E-state index contributed by atoms with van der Waals surface area (Å²) in [6.07, 6.45) is 3.97. The van der Waals surface area contributed by atoms with E-state index in [1.54, 1.807) is 0 Å². The molecule has 0 N–H and O–H groups in total. The van der Waals surface area contributed by atoms with Gasteiger partial charge in [-0.25, -0.2) is 0 Å². The van der Waals surface area contributed by atoms with Crippen LogP contribution in [0.25, 0.3) is 0 Å². The molecule has 4 nitrogen and oxygen atoms in total. The van der Waals surface area contributed by atoms with Crippen molar-refractivity contribution >= 4 is 17.8 Å². The van der Waals surface area contributed by atoms with Crippen LogP contribution in [0.1, 0.15) is 11.3 Å². The van der Waals surface area contributed by atoms with Gasteiger partial charge >= 0.3 is 0 Å². The highest BCUT2D eigenvalue weighted by Crippen LogP contribution is 2.13. The van der Waals surface area contributed by atoms with E-state index < -0.39 is 0 Å². The van der Waals surface area contributed by atoms with Crippen molar-refractivity contribution in [3.63, 3.8) is 0 Å². The predicted octanol–water partition coefficient (Wildman–Crippen LogP) is 2.83. The lowest BCUT2D eigenvalue weighted by Crippen LogP contribution is -2.43. The number of hydrogen-bond donors (Lipinski definition) is 0. The van der Waals surface area contributed by atoms with E-state index in [2.05, 4.69) is 37.8 Å². The maximum absolute atomic E-state index is 5.92. The quantitative estimate of drug-likeness (QED) is 0.810. The molecule has 22 heavy (non-hydrogen) atoms. The number of aryl methyl sites for hydroxylation is 1. The number of rotatable bonds is 4. The minimum atomic E-state index is 0.795. The van der Waals surface area contributed by atoms with Gasteiger partial charge in [-0.2, -0.15) is 5.10 Å². The minimum absolute atomic E-state index is 0.795. The van der Waals surface area contributed by atoms with Crippen LogP contribution in [-0.2, 0) is 13.6 Å². The molecule has 1 aliphatic heterocycles. The maximum atomic E-state index is 5.92. The van der Waals surface area contributed by atoms with Gasteiger partial charge in [0.15, 0.2) is 0 Å². The molecule has 0 amide bonds. The second kappa shape index (κ2) is 6.99. The van der Waals surface area contributed by atoms with E-state index in [-0.39, 0.29) is 0 Å². The molecule has 1 saturated heterocycles. The smallest absolute Gasteiger partial charge is 0.0707 e. The Kier molecular flexibility index (Phi) is 4.80. The molecule has 1 fully saturated rings. The molecule has 0 bridgehead atoms. The van der Waals surface area contributed by atoms with Crippen molar-refractivity contribution in [2.45, 2.75) is 6.54 Å². The van der Waals surface area contributed by atoms with Gasteiger partial charge in [0.2, 0.25) is 0 Å². The molecule has 3 rings (SSSR count). The van der Waals surface area contributed by atoms with Crippen LogP contribution in [0, 0.1) is 0 Å². The van der Waals surface area contributed by atoms with Gasteiger partial charge in [0.1, 0.15) is 0 Å². The van der Waals surface area contributed by atoms with Crippen LogP contribution in [0.5, 0.6) is 0 Å². The summed E-state index contributed by atoms with van der Waals surface area (Å²) in [6.45, 7) is 4.98. The molecule has 5 heteroatoms. The zero-order valence-corrected chi connectivity index (χ0v) is 13.6. The highest BCUT2D eigenvalue weighted by atomic mass is 35.5. The van der Waals surface area contributed by atoms with E-state index in [9.17, 15) is 0 Å². The summed E-state index contributed by atoms with van der Waals surface area (Å²) in [4.78, 5) is 2.46. The SMILES string of the molecule is Cn1cccc1/C=N\N1CCN(Cc2ccc(Cl)cc2)CC1. The van der Waals surface area contributed by atoms with Gasteiger partial charge in [-0.1, -0.05) is 23.7 Å². The summed E-state index contributed by atoms with van der Waals surface area (Å²) < 4.78 is 2.07. The van der Waals surface area contributed by atoms with Crippen molar-refractivity contribution in [1.29, 1.82) is 0 Å². The number of hydrazone groups is 1. The zero-order chi connectivity index (χ0) is 15.4. The third kappa shape index (κ3) is 3.90. The first-order chi connectivity index (χ1) is 10.7. The summed E-state index contributed by atoms with van der Waals surface area (Å²) in [6, 6.07) is 12.2. The van der Waals surface area contributed by atoms with Crippen LogP contribution < -0.4 is 0 Å². The highest BCUT2D eigenvalue weighted by Gasteiger charge is 2.15. The molecule has 1 aromatic heterocycles. The van der Waals surface area contributed by atoms with Crippen LogP contribution in [0.3, 0.4) is 0 Å². The fraction of sp³-hybridized carbons (Fsp3) is 0.353. The molecule has 116 valence electrons. The number of nitrogens with zero attached hydrogens (tertiary/aromatic N) is 4. The van der Waals surface area contributed by atoms with E-state index in [0.29, 0.717) is 0 Å². The van der Waals surface area contributed by atoms with Gasteiger partial charge in [-0.15, -0.1) is 0 Å². The average molecular weight is 317 g/mol. The second-order valence-electron chi connectivity index (χ2n) is 5.64. The zero-order valence-electron chi connectivity index (χ0n) is 12.8. The Morgan fingerprint density at radius 2 is 1.82 bits per heavy atom. The summed E-state index contributed by atoms with van der Waals surface area (Å²) in [7, 11) is 2.03. The van der Waals surface area contributed by atoms with Gasteiger partial charge in [-0.05, 0) is 29.8 Å². The average Bonchev–Trinajstić information content (AvgIpc) is 2.94. The van der Waals surface area contributed by atoms with Gasteiger partial charge in [0, 0.05) is 51.0 Å². The van der Waals surface area contributed by atoms with Crippen molar-refractivity contribution in [2.75, 3.05) is 26.2 Å². The molecule has 0 atom stereocenters. The monoisotopic (exact) mass is 316 g/mol. The Hall–Kier alpha value is -1.78. The Labute approximate surface area is 136 Å². The van der Waals surface area contributed by atoms with E-state index in [0.717, 1.165) is 43.4 Å². The third-order valence-electron chi connectivity index (χ3n) is 4.01. The van der Waals surface area contributed by atoms with E-state index in [1.807, 2.05) is 37.7 Å². The van der Waals surface area contributed by atoms with E-state index >= 15 is 0 Å². The second-order valence-corrected chi connectivity index (χ2v) is 6.08. The van der Waals surface area contributed by atoms with Crippen LogP contribution >= 0.6 is 11.6 Å². The fourth-order valence-electron chi connectivity index (χ4n) is 2.61. The first-order valence-corrected chi connectivity index (χ1v) is 7.95. The predicted molar refractivity (Wildman–Crippen MR) is 91.3 cm³/mol. The number of benzene rings is 1. The molecule has 1 aliphatic rings. The number of halogens is 1. The number of piperazine rings is 1. The van der Waals surface area contributed by atoms with E-state index in [1.165, 1.54) is 5.56 Å². The minimum Gasteiger partial charge on any atom is -0.350 e. The molecule has 0 radical (unpaired) electrons. The van der Waals surface area contributed by atoms with Crippen LogP contribution in [0.2, 0.25) is 5.02 Å². The fourth-order valence-corrected chi connectivity index (χ4v) is 2.73. The summed E-state index contributed by atoms with van der Waals surface area (Å²) in [5, 5.41) is 7.52. The first-order valence-electron chi connectivity index (χ1n) is 7.58. The molecular weight excluding hydrogens is 296 g/mol. The molecule has 1 aromatic carbocycles. The molecule has 2 aromatic rings. The molecule has 2 heterocycles. The van der Waals surface area contributed by atoms with Crippen molar-refractivity contribution in [1.82, 2.24) is 14.5 Å². The summed E-state index contributed by atoms with van der Waals surface area (Å²) >= 11 is 5.92. The largest absolute Gasteiger partial charge is 0.350 e. The van der Waals surface area contributed by atoms with Crippen LogP contribution in [-0.4, -0.2) is 46.9 Å². The summed E-state index contributed by atoms with van der Waals surface area (Å²) in [5.41, 5.74) is 2.44. The van der Waals surface area contributed by atoms with Crippen LogP contribution in [0.15, 0.2) is 47.7 Å². The molecule has 0 spiro atoms. The topological polar surface area (TPSA) is 23.8 Å². The maximum Gasteiger partial charge on any atom is 0.0707 e. The Morgan fingerprint density at radius 3 is 2.45 bits per heavy atom. The Morgan fingerprint density at radius 1 is 1.09 bits per heavy atom. The van der Waals surface area contributed by atoms with Crippen molar-refractivity contribution in [3.8, 4) is 0 Å². The van der Waals surface area contributed by atoms with Crippen molar-refractivity contribution < 1.29 is 0 Å². The van der Waals surface area contributed by atoms with Crippen molar-refractivity contribution in [2.24, 2.45) is 12.1 Å². The highest BCUT2D eigenvalue weighted by molar-refractivity contribution is 6.30. The Balaban J connectivity index is 1.49. The van der Waals surface area contributed by atoms with Gasteiger partial charge in [-0.3, -0.25) is 9.91 Å². The lowest BCUT2D eigenvalue weighted by Gasteiger charge is -2.33. The molecular formula is C17H21ClN4. The van der Waals surface area contributed by atoms with Crippen LogP contribution in [0.4, 0.5) is 0 Å². The molecule has 0 aliphatic carbocycles. The summed E-state index contributed by atoms with van der Waals surface area (Å²) in [5.74, 6) is 0. The number of hydrogen-bond acceptors (Lipinski definition) is 3. The molecule has 0 unspecified atom stereocenters. The Bertz CT molecular complexity index is 624. The normalized spacial score (nSPS) is 16.5. The van der Waals surface area contributed by atoms with E-state index in [4.69, 9.17) is 11.6 Å². The van der Waals surface area contributed by atoms with Gasteiger partial charge < -0.3 is 4.57 Å². The standard InChI is InChI=1S/C17H21ClN4/c1-20-8-2-3-17(20)13-19-22-11-9-21(10-12-22)14-15-4-6-16(18)7-5-15/h2-8,13H,9-12,14H2,1H3/b19-13-. The lowest BCUT2D eigenvalue weighted by molar-refractivity contribution is 0.131. The first kappa shape index (κ1) is 15.1. The third-order valence-corrected chi connectivity index (χ3v) is 4.26. The number of aromatic nitrogens is 1. The lowest BCUT2D eigenvalue weighted by atomic mass is 10.2. The molecule has 0 saturated carbocycles. The van der Waals surface area contributed by atoms with Gasteiger partial charge in [0.05, 0.1) is 11.9 Å². The van der Waals surface area contributed by atoms with Crippen molar-refractivity contribution in [3.05, 3.63) is 58.9 Å². The van der Waals surface area contributed by atoms with Gasteiger partial charge in [0.25, 0.3) is 0 Å².